The zero-order valence-electron chi connectivity index (χ0n) is 14.6. The molecule has 0 aliphatic carbocycles. The Hall–Kier alpha value is -1.80. The van der Waals surface area contributed by atoms with E-state index in [0.29, 0.717) is 25.0 Å². The molecule has 1 atom stereocenters. The minimum Gasteiger partial charge on any atom is -0.340 e. The molecule has 1 aromatic carbocycles. The molecular weight excluding hydrogens is 369 g/mol. The van der Waals surface area contributed by atoms with Crippen LogP contribution >= 0.6 is 12.4 Å². The van der Waals surface area contributed by atoms with Gasteiger partial charge in [0.1, 0.15) is 6.54 Å². The van der Waals surface area contributed by atoms with E-state index in [1.165, 1.54) is 6.07 Å². The van der Waals surface area contributed by atoms with Crippen LogP contribution in [0.5, 0.6) is 0 Å². The second-order valence-electron chi connectivity index (χ2n) is 7.21. The third-order valence-electron chi connectivity index (χ3n) is 4.87. The van der Waals surface area contributed by atoms with E-state index in [2.05, 4.69) is 4.98 Å². The van der Waals surface area contributed by atoms with Gasteiger partial charge in [-0.2, -0.15) is 13.2 Å². The number of hydrogen-bond donors (Lipinski definition) is 1. The Bertz CT molecular complexity index is 803. The van der Waals surface area contributed by atoms with Crippen molar-refractivity contribution < 1.29 is 18.0 Å². The number of carbonyl (C=O) groups is 1. The smallest absolute Gasteiger partial charge is 0.340 e. The predicted molar refractivity (Wildman–Crippen MR) is 94.9 cm³/mol. The zero-order chi connectivity index (χ0) is 18.4. The Morgan fingerprint density at radius 1 is 1.35 bits per heavy atom. The molecule has 1 saturated heterocycles. The van der Waals surface area contributed by atoms with Gasteiger partial charge in [0.15, 0.2) is 0 Å². The van der Waals surface area contributed by atoms with E-state index in [1.807, 2.05) is 13.8 Å². The number of aromatic nitrogens is 2. The highest BCUT2D eigenvalue weighted by molar-refractivity contribution is 5.85. The van der Waals surface area contributed by atoms with Crippen LogP contribution in [-0.2, 0) is 17.5 Å². The minimum atomic E-state index is -4.62. The molecule has 9 heteroatoms. The fourth-order valence-electron chi connectivity index (χ4n) is 3.27. The lowest BCUT2D eigenvalue weighted by molar-refractivity contribution is -0.148. The monoisotopic (exact) mass is 390 g/mol. The number of fused-ring (bicyclic) bond motifs is 1. The number of halogens is 4. The van der Waals surface area contributed by atoms with Crippen molar-refractivity contribution in [3.63, 3.8) is 0 Å². The quantitative estimate of drug-likeness (QED) is 0.857. The first-order valence-electron chi connectivity index (χ1n) is 8.15. The van der Waals surface area contributed by atoms with Crippen LogP contribution in [0.1, 0.15) is 26.1 Å². The van der Waals surface area contributed by atoms with Crippen molar-refractivity contribution >= 4 is 29.3 Å². The predicted octanol–water partition coefficient (Wildman–Crippen LogP) is 3.06. The first kappa shape index (κ1) is 20.5. The average molecular weight is 391 g/mol. The molecule has 0 bridgehead atoms. The molecule has 0 radical (unpaired) electrons. The van der Waals surface area contributed by atoms with E-state index in [-0.39, 0.29) is 41.8 Å². The van der Waals surface area contributed by atoms with Crippen molar-refractivity contribution in [3.8, 4) is 0 Å². The molecule has 5 nitrogen and oxygen atoms in total. The first-order valence-corrected chi connectivity index (χ1v) is 8.15. The summed E-state index contributed by atoms with van der Waals surface area (Å²) in [7, 11) is 0. The molecule has 0 spiro atoms. The van der Waals surface area contributed by atoms with Gasteiger partial charge in [0.2, 0.25) is 11.7 Å². The van der Waals surface area contributed by atoms with E-state index in [0.717, 1.165) is 4.57 Å². The molecule has 26 heavy (non-hydrogen) atoms. The van der Waals surface area contributed by atoms with Crippen LogP contribution in [0.15, 0.2) is 24.3 Å². The number of para-hydroxylation sites is 2. The van der Waals surface area contributed by atoms with Crippen molar-refractivity contribution in [1.29, 1.82) is 0 Å². The molecule has 1 unspecified atom stereocenters. The van der Waals surface area contributed by atoms with Gasteiger partial charge in [0.25, 0.3) is 0 Å². The summed E-state index contributed by atoms with van der Waals surface area (Å²) in [5.41, 5.74) is 6.33. The Kier molecular flexibility index (Phi) is 5.58. The third-order valence-corrected chi connectivity index (χ3v) is 4.87. The van der Waals surface area contributed by atoms with Crippen LogP contribution in [0.2, 0.25) is 0 Å². The SMILES string of the molecule is CC1(C)CN(C(=O)Cn2c(C(F)(F)F)nc3ccccc32)CCC1N.Cl. The maximum atomic E-state index is 13.3. The van der Waals surface area contributed by atoms with Crippen LogP contribution in [0, 0.1) is 5.41 Å². The molecule has 1 fully saturated rings. The van der Waals surface area contributed by atoms with Crippen LogP contribution < -0.4 is 5.73 Å². The molecule has 1 aliphatic rings. The largest absolute Gasteiger partial charge is 0.449 e. The van der Waals surface area contributed by atoms with E-state index >= 15 is 0 Å². The Balaban J connectivity index is 0.00000243. The number of piperidine rings is 1. The van der Waals surface area contributed by atoms with Crippen LogP contribution in [0.4, 0.5) is 13.2 Å². The summed E-state index contributed by atoms with van der Waals surface area (Å²) in [6, 6.07) is 6.27. The van der Waals surface area contributed by atoms with Gasteiger partial charge in [0.05, 0.1) is 11.0 Å². The lowest BCUT2D eigenvalue weighted by Gasteiger charge is -2.42. The van der Waals surface area contributed by atoms with E-state index < -0.39 is 12.0 Å². The Labute approximate surface area is 155 Å². The number of carbonyl (C=O) groups excluding carboxylic acids is 1. The molecule has 1 amide bonds. The van der Waals surface area contributed by atoms with Gasteiger partial charge in [-0.3, -0.25) is 4.79 Å². The van der Waals surface area contributed by atoms with Crippen LogP contribution in [0.25, 0.3) is 11.0 Å². The molecule has 1 aliphatic heterocycles. The fourth-order valence-corrected chi connectivity index (χ4v) is 3.27. The summed E-state index contributed by atoms with van der Waals surface area (Å²) in [5.74, 6) is -1.40. The number of hydrogen-bond acceptors (Lipinski definition) is 3. The summed E-state index contributed by atoms with van der Waals surface area (Å²) >= 11 is 0. The number of likely N-dealkylation sites (tertiary alicyclic amines) is 1. The highest BCUT2D eigenvalue weighted by atomic mass is 35.5. The van der Waals surface area contributed by atoms with Crippen molar-refractivity contribution in [3.05, 3.63) is 30.1 Å². The van der Waals surface area contributed by atoms with Crippen molar-refractivity contribution in [2.24, 2.45) is 11.1 Å². The summed E-state index contributed by atoms with van der Waals surface area (Å²) in [5, 5.41) is 0. The molecule has 2 N–H and O–H groups in total. The molecule has 2 heterocycles. The van der Waals surface area contributed by atoms with Gasteiger partial charge < -0.3 is 15.2 Å². The van der Waals surface area contributed by atoms with E-state index in [9.17, 15) is 18.0 Å². The summed E-state index contributed by atoms with van der Waals surface area (Å²) < 4.78 is 40.9. The van der Waals surface area contributed by atoms with Crippen molar-refractivity contribution in [1.82, 2.24) is 14.5 Å². The number of rotatable bonds is 2. The maximum Gasteiger partial charge on any atom is 0.449 e. The van der Waals surface area contributed by atoms with E-state index in [1.54, 1.807) is 23.1 Å². The zero-order valence-corrected chi connectivity index (χ0v) is 15.4. The number of imidazole rings is 1. The topological polar surface area (TPSA) is 64.2 Å². The van der Waals surface area contributed by atoms with Gasteiger partial charge in [-0.05, 0) is 24.0 Å². The highest BCUT2D eigenvalue weighted by Gasteiger charge is 2.39. The molecule has 3 rings (SSSR count). The standard InChI is InChI=1S/C17H21F3N4O.ClH/c1-16(2)10-23(8-7-13(16)21)14(25)9-24-12-6-4-3-5-11(12)22-15(24)17(18,19)20;/h3-6,13H,7-10,21H2,1-2H3;1H. The summed E-state index contributed by atoms with van der Waals surface area (Å²) in [4.78, 5) is 17.9. The molecule has 0 saturated carbocycles. The highest BCUT2D eigenvalue weighted by Crippen LogP contribution is 2.32. The Morgan fingerprint density at radius 3 is 2.62 bits per heavy atom. The molecular formula is C17H22ClF3N4O. The van der Waals surface area contributed by atoms with Crippen molar-refractivity contribution in [2.45, 2.75) is 39.0 Å². The second kappa shape index (κ2) is 7.08. The van der Waals surface area contributed by atoms with Crippen molar-refractivity contribution in [2.75, 3.05) is 13.1 Å². The number of alkyl halides is 3. The van der Waals surface area contributed by atoms with Gasteiger partial charge in [-0.25, -0.2) is 4.98 Å². The molecule has 144 valence electrons. The van der Waals surface area contributed by atoms with Gasteiger partial charge in [0, 0.05) is 19.1 Å². The first-order chi connectivity index (χ1) is 11.6. The number of benzene rings is 1. The van der Waals surface area contributed by atoms with Gasteiger partial charge in [-0.1, -0.05) is 26.0 Å². The van der Waals surface area contributed by atoms with E-state index in [4.69, 9.17) is 5.73 Å². The normalized spacial score (nSPS) is 20.1. The average Bonchev–Trinajstić information content (AvgIpc) is 2.89. The number of nitrogens with zero attached hydrogens (tertiary/aromatic N) is 3. The number of amides is 1. The second-order valence-corrected chi connectivity index (χ2v) is 7.21. The van der Waals surface area contributed by atoms with Crippen LogP contribution in [-0.4, -0.2) is 39.5 Å². The molecule has 1 aromatic heterocycles. The number of nitrogens with two attached hydrogens (primary N) is 1. The third kappa shape index (κ3) is 3.81. The summed E-state index contributed by atoms with van der Waals surface area (Å²) in [6.07, 6.45) is -3.99. The summed E-state index contributed by atoms with van der Waals surface area (Å²) in [6.45, 7) is 4.43. The molecule has 2 aromatic rings. The Morgan fingerprint density at radius 2 is 2.00 bits per heavy atom. The van der Waals surface area contributed by atoms with Crippen LogP contribution in [0.3, 0.4) is 0 Å². The van der Waals surface area contributed by atoms with Gasteiger partial charge in [-0.15, -0.1) is 12.4 Å². The lowest BCUT2D eigenvalue weighted by Crippen LogP contribution is -2.54. The minimum absolute atomic E-state index is 0. The maximum absolute atomic E-state index is 13.3. The lowest BCUT2D eigenvalue weighted by atomic mass is 9.79. The van der Waals surface area contributed by atoms with Gasteiger partial charge >= 0.3 is 6.18 Å². The fraction of sp³-hybridized carbons (Fsp3) is 0.529.